The molecule has 0 heterocycles. The average molecular weight is 443 g/mol. The molecule has 0 saturated heterocycles. The molecule has 5 heteroatoms. The minimum absolute atomic E-state index is 0. The third-order valence-corrected chi connectivity index (χ3v) is 0. The van der Waals surface area contributed by atoms with Gasteiger partial charge in [0.1, 0.15) is 0 Å². The molecule has 0 atom stereocenters. The fraction of sp³-hybridized carbons (Fsp3) is 0. The van der Waals surface area contributed by atoms with E-state index in [1.54, 1.807) is 0 Å². The predicted octanol–water partition coefficient (Wildman–Crippen LogP) is -3.02. The van der Waals surface area contributed by atoms with Crippen molar-refractivity contribution < 1.29 is 39.4 Å². The van der Waals surface area contributed by atoms with Crippen LogP contribution in [0.1, 0.15) is 0 Å². The van der Waals surface area contributed by atoms with Gasteiger partial charge in [-0.2, -0.15) is 0 Å². The van der Waals surface area contributed by atoms with Gasteiger partial charge in [0, 0.05) is 39.4 Å². The van der Waals surface area contributed by atoms with Crippen LogP contribution in [0.15, 0.2) is 0 Å². The molecule has 3 radical (unpaired) electrons. The molecule has 0 N–H and O–H groups in total. The Kier molecular flexibility index (Phi) is 250. The standard InChI is InChI=1S/Al.Au.Cu.Ga.HSe.6H/h;;;;1H;;;;;;. The van der Waals surface area contributed by atoms with E-state index in [4.69, 9.17) is 0 Å². The Hall–Kier alpha value is 2.95. The van der Waals surface area contributed by atoms with Gasteiger partial charge in [0.15, 0.2) is 17.4 Å². The zero-order valence-electron chi connectivity index (χ0n) is 1.05. The van der Waals surface area contributed by atoms with E-state index in [0.29, 0.717) is 0 Å². The summed E-state index contributed by atoms with van der Waals surface area (Å²) in [7, 11) is 0. The predicted molar refractivity (Wildman–Crippen MR) is 27.0 cm³/mol. The van der Waals surface area contributed by atoms with Gasteiger partial charge in [-0.1, -0.05) is 0 Å². The van der Waals surface area contributed by atoms with Gasteiger partial charge >= 0.3 is 36.9 Å². The monoisotopic (exact) mass is 443 g/mol. The van der Waals surface area contributed by atoms with Crippen LogP contribution in [0.5, 0.6) is 0 Å². The van der Waals surface area contributed by atoms with Gasteiger partial charge in [0.05, 0.1) is 0 Å². The van der Waals surface area contributed by atoms with E-state index in [-0.39, 0.29) is 93.7 Å². The Morgan fingerprint density at radius 1 is 1.00 bits per heavy atom. The van der Waals surface area contributed by atoms with Gasteiger partial charge < -0.3 is 0 Å². The van der Waals surface area contributed by atoms with Crippen molar-refractivity contribution in [2.45, 2.75) is 0 Å². The fourth-order valence-electron chi connectivity index (χ4n) is 0. The molecular formula is H7AlAuCuGaSe. The average Bonchev–Trinajstić information content (AvgIpc) is 0. The van der Waals surface area contributed by atoms with E-state index in [1.165, 1.54) is 0 Å². The summed E-state index contributed by atoms with van der Waals surface area (Å²) in [6, 6.07) is 0. The van der Waals surface area contributed by atoms with Crippen LogP contribution in [0.25, 0.3) is 0 Å². The van der Waals surface area contributed by atoms with Crippen molar-refractivity contribution in [1.29, 1.82) is 0 Å². The fourth-order valence-corrected chi connectivity index (χ4v) is 0. The molecule has 0 spiro atoms. The van der Waals surface area contributed by atoms with Crippen LogP contribution in [-0.2, 0) is 39.4 Å². The second-order valence-corrected chi connectivity index (χ2v) is 0. The van der Waals surface area contributed by atoms with Crippen molar-refractivity contribution in [1.82, 2.24) is 0 Å². The van der Waals surface area contributed by atoms with Gasteiger partial charge in [0.25, 0.3) is 0 Å². The van der Waals surface area contributed by atoms with Gasteiger partial charge in [0.2, 0.25) is 0 Å². The summed E-state index contributed by atoms with van der Waals surface area (Å²) in [6.45, 7) is 0. The molecule has 0 aliphatic rings. The first-order chi connectivity index (χ1) is 0. The summed E-state index contributed by atoms with van der Waals surface area (Å²) in [6.07, 6.45) is 0. The molecule has 0 aliphatic carbocycles. The van der Waals surface area contributed by atoms with Crippen LogP contribution in [0.2, 0.25) is 0 Å². The number of rotatable bonds is 0. The Morgan fingerprint density at radius 3 is 1.00 bits per heavy atom. The summed E-state index contributed by atoms with van der Waals surface area (Å²) in [5, 5.41) is 0. The topological polar surface area (TPSA) is 0 Å². The van der Waals surface area contributed by atoms with Crippen molar-refractivity contribution in [3.8, 4) is 0 Å². The van der Waals surface area contributed by atoms with E-state index in [2.05, 4.69) is 0 Å². The molecule has 0 aromatic carbocycles. The molecule has 5 heavy (non-hydrogen) atoms. The van der Waals surface area contributed by atoms with Gasteiger partial charge in [-0.05, 0) is 0 Å². The molecule has 0 bridgehead atoms. The van der Waals surface area contributed by atoms with E-state index in [0.717, 1.165) is 0 Å². The third-order valence-electron chi connectivity index (χ3n) is 0. The molecule has 0 nitrogen and oxygen atoms in total. The van der Waals surface area contributed by atoms with Crippen molar-refractivity contribution in [2.24, 2.45) is 0 Å². The van der Waals surface area contributed by atoms with Gasteiger partial charge in [-0.3, -0.25) is 0 Å². The minimum atomic E-state index is 0. The quantitative estimate of drug-likeness (QED) is 0.350. The summed E-state index contributed by atoms with van der Waals surface area (Å²) < 4.78 is 0. The third kappa shape index (κ3) is 19.6. The van der Waals surface area contributed by atoms with Crippen LogP contribution < -0.4 is 0 Å². The molecule has 0 saturated carbocycles. The molecular weight excluding hydrogens is 436 g/mol. The van der Waals surface area contributed by atoms with E-state index in [1.807, 2.05) is 0 Å². The normalized spacial score (nSPS) is 0. The van der Waals surface area contributed by atoms with E-state index < -0.39 is 0 Å². The van der Waals surface area contributed by atoms with Crippen molar-refractivity contribution in [3.63, 3.8) is 0 Å². The first kappa shape index (κ1) is 44.1. The van der Waals surface area contributed by atoms with Gasteiger partial charge in [-0.15, -0.1) is 0 Å². The molecule has 0 aromatic heterocycles. The first-order valence-corrected chi connectivity index (χ1v) is 0. The number of hydrogen-bond donors (Lipinski definition) is 0. The zero-order chi connectivity index (χ0) is 0. The second kappa shape index (κ2) is 28.3. The number of hydrogen-bond acceptors (Lipinski definition) is 0. The van der Waals surface area contributed by atoms with Crippen LogP contribution >= 0.6 is 0 Å². The maximum atomic E-state index is 0. The molecule has 0 amide bonds. The molecule has 0 rings (SSSR count). The van der Waals surface area contributed by atoms with Crippen molar-refractivity contribution >= 4 is 54.2 Å². The first-order valence-electron chi connectivity index (χ1n) is 0. The van der Waals surface area contributed by atoms with Crippen LogP contribution in [0.4, 0.5) is 0 Å². The Balaban J connectivity index is 0. The van der Waals surface area contributed by atoms with Crippen LogP contribution in [-0.4, -0.2) is 54.2 Å². The maximum absolute atomic E-state index is 0. The molecule has 0 aromatic rings. The zero-order valence-corrected chi connectivity index (χ0v) is 6.03. The Morgan fingerprint density at radius 2 is 1.00 bits per heavy atom. The summed E-state index contributed by atoms with van der Waals surface area (Å²) in [4.78, 5) is 0. The summed E-state index contributed by atoms with van der Waals surface area (Å²) in [5.41, 5.74) is 0. The Bertz CT molecular complexity index is 11.6. The Labute approximate surface area is 92.2 Å². The van der Waals surface area contributed by atoms with Crippen molar-refractivity contribution in [3.05, 3.63) is 0 Å². The van der Waals surface area contributed by atoms with Crippen LogP contribution in [0, 0.1) is 0 Å². The summed E-state index contributed by atoms with van der Waals surface area (Å²) >= 11 is 0. The molecule has 0 unspecified atom stereocenters. The molecule has 0 fully saturated rings. The van der Waals surface area contributed by atoms with Crippen molar-refractivity contribution in [2.75, 3.05) is 0 Å². The molecule has 41 valence electrons. The second-order valence-electron chi connectivity index (χ2n) is 0. The summed E-state index contributed by atoms with van der Waals surface area (Å²) in [5.74, 6) is 0. The molecule has 0 aliphatic heterocycles. The SMILES string of the molecule is [AlH3].[Au].[Cu].[GaH3].[SeH]. The van der Waals surface area contributed by atoms with E-state index in [9.17, 15) is 0 Å². The van der Waals surface area contributed by atoms with Crippen LogP contribution in [0.3, 0.4) is 0 Å². The van der Waals surface area contributed by atoms with E-state index >= 15 is 0 Å². The van der Waals surface area contributed by atoms with Gasteiger partial charge in [-0.25, -0.2) is 0 Å².